The summed E-state index contributed by atoms with van der Waals surface area (Å²) in [5, 5.41) is 12.3. The van der Waals surface area contributed by atoms with Crippen LogP contribution in [0.2, 0.25) is 9.36 Å². The van der Waals surface area contributed by atoms with Gasteiger partial charge in [0.05, 0.1) is 4.34 Å². The highest BCUT2D eigenvalue weighted by atomic mass is 35.5. The van der Waals surface area contributed by atoms with Crippen molar-refractivity contribution in [3.63, 3.8) is 0 Å². The number of thiophene rings is 1. The van der Waals surface area contributed by atoms with E-state index in [4.69, 9.17) is 28.5 Å². The van der Waals surface area contributed by atoms with Crippen molar-refractivity contribution in [3.8, 4) is 6.07 Å². The monoisotopic (exact) mass is 322 g/mol. The number of hydrogen-bond donors (Lipinski definition) is 1. The van der Waals surface area contributed by atoms with E-state index in [1.807, 2.05) is 6.07 Å². The number of rotatable bonds is 3. The van der Waals surface area contributed by atoms with Crippen LogP contribution < -0.4 is 5.32 Å². The van der Waals surface area contributed by atoms with Crippen LogP contribution in [0, 0.1) is 11.3 Å². The number of hydrogen-bond acceptors (Lipinski definition) is 3. The van der Waals surface area contributed by atoms with Gasteiger partial charge in [0, 0.05) is 15.6 Å². The molecule has 0 bridgehead atoms. The predicted octanol–water partition coefficient (Wildman–Crippen LogP) is 4.60. The highest BCUT2D eigenvalue weighted by Gasteiger charge is 2.10. The first-order chi connectivity index (χ1) is 9.58. The second kappa shape index (κ2) is 6.58. The largest absolute Gasteiger partial charge is 0.321 e. The van der Waals surface area contributed by atoms with E-state index >= 15 is 0 Å². The minimum Gasteiger partial charge on any atom is -0.321 e. The molecule has 1 N–H and O–H groups in total. The molecule has 0 radical (unpaired) electrons. The SMILES string of the molecule is N#C/C(=C/c1ccc(Cl)s1)C(=O)Nc1ccc(Cl)cc1. The van der Waals surface area contributed by atoms with E-state index < -0.39 is 5.91 Å². The van der Waals surface area contributed by atoms with Crippen molar-refractivity contribution in [1.29, 1.82) is 5.26 Å². The van der Waals surface area contributed by atoms with Crippen LogP contribution in [0.1, 0.15) is 4.88 Å². The summed E-state index contributed by atoms with van der Waals surface area (Å²) in [6.45, 7) is 0. The number of carbonyl (C=O) groups is 1. The molecular formula is C14H8Cl2N2OS. The lowest BCUT2D eigenvalue weighted by atomic mass is 10.2. The summed E-state index contributed by atoms with van der Waals surface area (Å²) >= 11 is 12.9. The Balaban J connectivity index is 2.16. The molecule has 6 heteroatoms. The number of benzene rings is 1. The average Bonchev–Trinajstić information content (AvgIpc) is 2.84. The topological polar surface area (TPSA) is 52.9 Å². The van der Waals surface area contributed by atoms with Gasteiger partial charge >= 0.3 is 0 Å². The maximum atomic E-state index is 12.0. The van der Waals surface area contributed by atoms with Crippen LogP contribution in [0.3, 0.4) is 0 Å². The molecule has 0 unspecified atom stereocenters. The predicted molar refractivity (Wildman–Crippen MR) is 83.0 cm³/mol. The van der Waals surface area contributed by atoms with Gasteiger partial charge in [0.25, 0.3) is 5.91 Å². The molecule has 0 saturated carbocycles. The van der Waals surface area contributed by atoms with E-state index in [1.165, 1.54) is 17.4 Å². The highest BCUT2D eigenvalue weighted by molar-refractivity contribution is 7.17. The third-order valence-electron chi connectivity index (χ3n) is 2.35. The number of carbonyl (C=O) groups excluding carboxylic acids is 1. The van der Waals surface area contributed by atoms with Gasteiger partial charge in [-0.15, -0.1) is 11.3 Å². The molecule has 0 spiro atoms. The first-order valence-corrected chi connectivity index (χ1v) is 7.10. The third-order valence-corrected chi connectivity index (χ3v) is 3.78. The summed E-state index contributed by atoms with van der Waals surface area (Å²) in [4.78, 5) is 12.7. The average molecular weight is 323 g/mol. The first-order valence-electron chi connectivity index (χ1n) is 5.52. The van der Waals surface area contributed by atoms with Crippen molar-refractivity contribution in [1.82, 2.24) is 0 Å². The van der Waals surface area contributed by atoms with Crippen molar-refractivity contribution >= 4 is 52.2 Å². The van der Waals surface area contributed by atoms with Gasteiger partial charge in [0.1, 0.15) is 11.6 Å². The lowest BCUT2D eigenvalue weighted by molar-refractivity contribution is -0.112. The normalized spacial score (nSPS) is 10.9. The number of anilines is 1. The smallest absolute Gasteiger partial charge is 0.266 e. The summed E-state index contributed by atoms with van der Waals surface area (Å²) in [6.07, 6.45) is 1.50. The van der Waals surface area contributed by atoms with Crippen LogP contribution in [0.25, 0.3) is 6.08 Å². The van der Waals surface area contributed by atoms with Crippen LogP contribution in [0.5, 0.6) is 0 Å². The number of nitrogens with zero attached hydrogens (tertiary/aromatic N) is 1. The number of nitrogens with one attached hydrogen (secondary N) is 1. The zero-order valence-electron chi connectivity index (χ0n) is 10.1. The highest BCUT2D eigenvalue weighted by Crippen LogP contribution is 2.24. The first kappa shape index (κ1) is 14.6. The Hall–Kier alpha value is -1.80. The molecule has 0 aliphatic rings. The molecule has 100 valence electrons. The van der Waals surface area contributed by atoms with Crippen LogP contribution >= 0.6 is 34.5 Å². The van der Waals surface area contributed by atoms with E-state index in [9.17, 15) is 4.79 Å². The number of amides is 1. The van der Waals surface area contributed by atoms with Crippen molar-refractivity contribution in [2.45, 2.75) is 0 Å². The van der Waals surface area contributed by atoms with E-state index in [0.29, 0.717) is 15.0 Å². The molecule has 0 saturated heterocycles. The number of nitriles is 1. The second-order valence-electron chi connectivity index (χ2n) is 3.77. The molecule has 1 aromatic carbocycles. The lowest BCUT2D eigenvalue weighted by Gasteiger charge is -2.03. The van der Waals surface area contributed by atoms with Gasteiger partial charge in [0.15, 0.2) is 0 Å². The number of halogens is 2. The fourth-order valence-corrected chi connectivity index (χ4v) is 2.56. The van der Waals surface area contributed by atoms with Crippen molar-refractivity contribution in [2.75, 3.05) is 5.32 Å². The van der Waals surface area contributed by atoms with E-state index in [1.54, 1.807) is 36.4 Å². The van der Waals surface area contributed by atoms with Gasteiger partial charge in [-0.2, -0.15) is 5.26 Å². The van der Waals surface area contributed by atoms with Crippen LogP contribution in [-0.2, 0) is 4.79 Å². The molecule has 2 aromatic rings. The Labute approximate surface area is 130 Å². The van der Waals surface area contributed by atoms with Crippen LogP contribution in [0.4, 0.5) is 5.69 Å². The van der Waals surface area contributed by atoms with Gasteiger partial charge in [-0.05, 0) is 42.5 Å². The maximum absolute atomic E-state index is 12.0. The summed E-state index contributed by atoms with van der Waals surface area (Å²) in [5.74, 6) is -0.473. The minimum atomic E-state index is -0.473. The summed E-state index contributed by atoms with van der Waals surface area (Å²) in [6, 6.07) is 12.0. The molecule has 20 heavy (non-hydrogen) atoms. The van der Waals surface area contributed by atoms with Crippen LogP contribution in [-0.4, -0.2) is 5.91 Å². The fourth-order valence-electron chi connectivity index (χ4n) is 1.43. The van der Waals surface area contributed by atoms with Crippen molar-refractivity contribution < 1.29 is 4.79 Å². The molecule has 2 rings (SSSR count). The fraction of sp³-hybridized carbons (Fsp3) is 0. The van der Waals surface area contributed by atoms with Gasteiger partial charge in [-0.1, -0.05) is 23.2 Å². The molecule has 0 atom stereocenters. The Morgan fingerprint density at radius 1 is 1.20 bits per heavy atom. The molecule has 0 aliphatic heterocycles. The van der Waals surface area contributed by atoms with Crippen LogP contribution in [0.15, 0.2) is 42.0 Å². The second-order valence-corrected chi connectivity index (χ2v) is 5.96. The minimum absolute atomic E-state index is 0.0125. The quantitative estimate of drug-likeness (QED) is 0.663. The maximum Gasteiger partial charge on any atom is 0.266 e. The van der Waals surface area contributed by atoms with E-state index in [2.05, 4.69) is 5.32 Å². The Bertz CT molecular complexity index is 699. The third kappa shape index (κ3) is 3.84. The van der Waals surface area contributed by atoms with E-state index in [0.717, 1.165) is 4.88 Å². The molecule has 1 amide bonds. The zero-order valence-corrected chi connectivity index (χ0v) is 12.4. The zero-order chi connectivity index (χ0) is 14.5. The molecule has 3 nitrogen and oxygen atoms in total. The Morgan fingerprint density at radius 3 is 2.45 bits per heavy atom. The van der Waals surface area contributed by atoms with Gasteiger partial charge < -0.3 is 5.32 Å². The molecule has 1 heterocycles. The Kier molecular flexibility index (Phi) is 4.80. The summed E-state index contributed by atoms with van der Waals surface area (Å²) < 4.78 is 0.603. The summed E-state index contributed by atoms with van der Waals surface area (Å²) in [7, 11) is 0. The van der Waals surface area contributed by atoms with E-state index in [-0.39, 0.29) is 5.57 Å². The van der Waals surface area contributed by atoms with Gasteiger partial charge in [0.2, 0.25) is 0 Å². The van der Waals surface area contributed by atoms with Gasteiger partial charge in [-0.25, -0.2) is 0 Å². The molecule has 0 aliphatic carbocycles. The molecule has 0 fully saturated rings. The lowest BCUT2D eigenvalue weighted by Crippen LogP contribution is -2.13. The summed E-state index contributed by atoms with van der Waals surface area (Å²) in [5.41, 5.74) is 0.586. The van der Waals surface area contributed by atoms with Crippen molar-refractivity contribution in [2.24, 2.45) is 0 Å². The van der Waals surface area contributed by atoms with Gasteiger partial charge in [-0.3, -0.25) is 4.79 Å². The molecule has 1 aromatic heterocycles. The standard InChI is InChI=1S/C14H8Cl2N2OS/c15-10-1-3-11(4-2-10)18-14(19)9(8-17)7-12-5-6-13(16)20-12/h1-7H,(H,18,19)/b9-7-. The Morgan fingerprint density at radius 2 is 1.90 bits per heavy atom. The van der Waals surface area contributed by atoms with Crippen molar-refractivity contribution in [3.05, 3.63) is 56.2 Å². The molecular weight excluding hydrogens is 315 g/mol.